The molecule has 19 heavy (non-hydrogen) atoms. The molecule has 0 aromatic heterocycles. The zero-order chi connectivity index (χ0) is 13.8. The van der Waals surface area contributed by atoms with Crippen LogP contribution in [0, 0.1) is 0 Å². The largest absolute Gasteiger partial charge is 0.507 e. The molecule has 2 aromatic rings. The average Bonchev–Trinajstić information content (AvgIpc) is 2.40. The van der Waals surface area contributed by atoms with Crippen molar-refractivity contribution in [1.29, 1.82) is 0 Å². The molecular formula is C14H11BrClNO2. The normalized spacial score (nSPS) is 10.2. The number of carbonyl (C=O) groups excluding carboxylic acids is 1. The molecule has 1 amide bonds. The Bertz CT molecular complexity index is 616. The summed E-state index contributed by atoms with van der Waals surface area (Å²) in [4.78, 5) is 11.9. The van der Waals surface area contributed by atoms with Crippen molar-refractivity contribution in [3.8, 4) is 5.75 Å². The second-order valence-electron chi connectivity index (χ2n) is 3.94. The third-order valence-corrected chi connectivity index (χ3v) is 3.64. The Morgan fingerprint density at radius 1 is 1.26 bits per heavy atom. The van der Waals surface area contributed by atoms with Crippen LogP contribution >= 0.6 is 27.5 Å². The molecule has 2 aromatic carbocycles. The highest BCUT2D eigenvalue weighted by Crippen LogP contribution is 2.24. The van der Waals surface area contributed by atoms with Crippen molar-refractivity contribution in [3.63, 3.8) is 0 Å². The molecular weight excluding hydrogens is 330 g/mol. The first kappa shape index (κ1) is 13.9. The fraction of sp³-hybridized carbons (Fsp3) is 0.0714. The van der Waals surface area contributed by atoms with Crippen LogP contribution in [0.2, 0.25) is 5.02 Å². The number of nitrogens with one attached hydrogen (secondary N) is 1. The van der Waals surface area contributed by atoms with Crippen LogP contribution in [0.1, 0.15) is 15.9 Å². The fourth-order valence-electron chi connectivity index (χ4n) is 1.57. The van der Waals surface area contributed by atoms with Crippen molar-refractivity contribution in [2.24, 2.45) is 0 Å². The van der Waals surface area contributed by atoms with Crippen molar-refractivity contribution in [2.75, 3.05) is 0 Å². The van der Waals surface area contributed by atoms with E-state index in [0.29, 0.717) is 21.6 Å². The van der Waals surface area contributed by atoms with Gasteiger partial charge in [-0.2, -0.15) is 0 Å². The van der Waals surface area contributed by atoms with E-state index in [1.165, 1.54) is 6.07 Å². The maximum atomic E-state index is 11.9. The third kappa shape index (κ3) is 3.49. The molecule has 0 fully saturated rings. The SMILES string of the molecule is O=C(NCc1ccccc1Cl)c1ccc(Br)c(O)c1. The van der Waals surface area contributed by atoms with Gasteiger partial charge in [-0.05, 0) is 45.8 Å². The van der Waals surface area contributed by atoms with Gasteiger partial charge in [0.1, 0.15) is 5.75 Å². The number of aromatic hydroxyl groups is 1. The van der Waals surface area contributed by atoms with Crippen molar-refractivity contribution >= 4 is 33.4 Å². The molecule has 0 aliphatic rings. The Balaban J connectivity index is 2.05. The van der Waals surface area contributed by atoms with Gasteiger partial charge in [0.25, 0.3) is 5.91 Å². The maximum Gasteiger partial charge on any atom is 0.251 e. The van der Waals surface area contributed by atoms with Gasteiger partial charge in [-0.25, -0.2) is 0 Å². The Labute approximate surface area is 124 Å². The number of halogens is 2. The Morgan fingerprint density at radius 3 is 2.68 bits per heavy atom. The van der Waals surface area contributed by atoms with Gasteiger partial charge in [-0.3, -0.25) is 4.79 Å². The lowest BCUT2D eigenvalue weighted by atomic mass is 10.2. The number of phenolic OH excluding ortho intramolecular Hbond substituents is 1. The minimum Gasteiger partial charge on any atom is -0.507 e. The minimum absolute atomic E-state index is 0.0328. The topological polar surface area (TPSA) is 49.3 Å². The molecule has 3 nitrogen and oxygen atoms in total. The molecule has 0 aliphatic carbocycles. The predicted octanol–water partition coefficient (Wildman–Crippen LogP) is 3.74. The highest BCUT2D eigenvalue weighted by Gasteiger charge is 2.08. The number of amides is 1. The first-order chi connectivity index (χ1) is 9.08. The number of benzene rings is 2. The Kier molecular flexibility index (Phi) is 4.45. The number of hydrogen-bond donors (Lipinski definition) is 2. The van der Waals surface area contributed by atoms with Gasteiger partial charge in [0.2, 0.25) is 0 Å². The molecule has 98 valence electrons. The van der Waals surface area contributed by atoms with Crippen molar-refractivity contribution < 1.29 is 9.90 Å². The maximum absolute atomic E-state index is 11.9. The molecule has 0 saturated carbocycles. The van der Waals surface area contributed by atoms with Crippen LogP contribution in [0.25, 0.3) is 0 Å². The van der Waals surface area contributed by atoms with E-state index in [1.54, 1.807) is 18.2 Å². The second kappa shape index (κ2) is 6.08. The summed E-state index contributed by atoms with van der Waals surface area (Å²) in [6.07, 6.45) is 0. The zero-order valence-corrected chi connectivity index (χ0v) is 12.2. The first-order valence-corrected chi connectivity index (χ1v) is 6.75. The number of hydrogen-bond acceptors (Lipinski definition) is 2. The summed E-state index contributed by atoms with van der Waals surface area (Å²) >= 11 is 9.17. The van der Waals surface area contributed by atoms with Gasteiger partial charge < -0.3 is 10.4 Å². The standard InChI is InChI=1S/C14H11BrClNO2/c15-11-6-5-9(7-13(11)18)14(19)17-8-10-3-1-2-4-12(10)16/h1-7,18H,8H2,(H,17,19). The molecule has 0 saturated heterocycles. The van der Waals surface area contributed by atoms with E-state index in [-0.39, 0.29) is 11.7 Å². The van der Waals surface area contributed by atoms with Crippen molar-refractivity contribution in [2.45, 2.75) is 6.54 Å². The summed E-state index contributed by atoms with van der Waals surface area (Å²) in [5, 5.41) is 12.9. The molecule has 0 aliphatic heterocycles. The average molecular weight is 341 g/mol. The molecule has 0 radical (unpaired) electrons. The minimum atomic E-state index is -0.261. The lowest BCUT2D eigenvalue weighted by Gasteiger charge is -2.07. The quantitative estimate of drug-likeness (QED) is 0.894. The van der Waals surface area contributed by atoms with Crippen LogP contribution in [0.3, 0.4) is 0 Å². The van der Waals surface area contributed by atoms with E-state index in [9.17, 15) is 9.90 Å². The van der Waals surface area contributed by atoms with E-state index in [0.717, 1.165) is 5.56 Å². The second-order valence-corrected chi connectivity index (χ2v) is 5.20. The van der Waals surface area contributed by atoms with E-state index in [1.807, 2.05) is 18.2 Å². The monoisotopic (exact) mass is 339 g/mol. The van der Waals surface area contributed by atoms with Crippen LogP contribution in [-0.2, 0) is 6.54 Å². The van der Waals surface area contributed by atoms with Gasteiger partial charge >= 0.3 is 0 Å². The van der Waals surface area contributed by atoms with Crippen LogP contribution < -0.4 is 5.32 Å². The van der Waals surface area contributed by atoms with E-state index < -0.39 is 0 Å². The molecule has 0 unspecified atom stereocenters. The van der Waals surface area contributed by atoms with Gasteiger partial charge in [-0.15, -0.1) is 0 Å². The summed E-state index contributed by atoms with van der Waals surface area (Å²) in [6.45, 7) is 0.343. The summed E-state index contributed by atoms with van der Waals surface area (Å²) in [6, 6.07) is 12.0. The first-order valence-electron chi connectivity index (χ1n) is 5.58. The van der Waals surface area contributed by atoms with Crippen molar-refractivity contribution in [1.82, 2.24) is 5.32 Å². The van der Waals surface area contributed by atoms with E-state index in [4.69, 9.17) is 11.6 Å². The number of rotatable bonds is 3. The Hall–Kier alpha value is -1.52. The summed E-state index contributed by atoms with van der Waals surface area (Å²) in [5.74, 6) is -0.229. The molecule has 5 heteroatoms. The molecule has 0 heterocycles. The lowest BCUT2D eigenvalue weighted by Crippen LogP contribution is -2.22. The highest BCUT2D eigenvalue weighted by atomic mass is 79.9. The zero-order valence-electron chi connectivity index (χ0n) is 9.86. The van der Waals surface area contributed by atoms with Gasteiger partial charge in [-0.1, -0.05) is 29.8 Å². The molecule has 0 bridgehead atoms. The van der Waals surface area contributed by atoms with E-state index >= 15 is 0 Å². The lowest BCUT2D eigenvalue weighted by molar-refractivity contribution is 0.0950. The summed E-state index contributed by atoms with van der Waals surface area (Å²) in [7, 11) is 0. The van der Waals surface area contributed by atoms with Gasteiger partial charge in [0.15, 0.2) is 0 Å². The van der Waals surface area contributed by atoms with Gasteiger partial charge in [0, 0.05) is 17.1 Å². The number of carbonyl (C=O) groups is 1. The fourth-order valence-corrected chi connectivity index (χ4v) is 2.02. The molecule has 2 rings (SSSR count). The van der Waals surface area contributed by atoms with Crippen molar-refractivity contribution in [3.05, 3.63) is 63.1 Å². The third-order valence-electron chi connectivity index (χ3n) is 2.61. The smallest absolute Gasteiger partial charge is 0.251 e. The number of phenols is 1. The summed E-state index contributed by atoms with van der Waals surface area (Å²) < 4.78 is 0.551. The molecule has 0 spiro atoms. The molecule has 2 N–H and O–H groups in total. The highest BCUT2D eigenvalue weighted by molar-refractivity contribution is 9.10. The summed E-state index contributed by atoms with van der Waals surface area (Å²) in [5.41, 5.74) is 1.24. The van der Waals surface area contributed by atoms with Crippen LogP contribution in [0.5, 0.6) is 5.75 Å². The van der Waals surface area contributed by atoms with Crippen LogP contribution in [0.4, 0.5) is 0 Å². The predicted molar refractivity (Wildman–Crippen MR) is 78.4 cm³/mol. The van der Waals surface area contributed by atoms with Gasteiger partial charge in [0.05, 0.1) is 4.47 Å². The van der Waals surface area contributed by atoms with Crippen LogP contribution in [0.15, 0.2) is 46.9 Å². The van der Waals surface area contributed by atoms with E-state index in [2.05, 4.69) is 21.2 Å². The van der Waals surface area contributed by atoms with Crippen LogP contribution in [-0.4, -0.2) is 11.0 Å². The Morgan fingerprint density at radius 2 is 2.00 bits per heavy atom. The molecule has 0 atom stereocenters.